The van der Waals surface area contributed by atoms with Crippen LogP contribution in [0.5, 0.6) is 0 Å². The lowest BCUT2D eigenvalue weighted by atomic mass is 10.2. The molecule has 0 saturated heterocycles. The lowest BCUT2D eigenvalue weighted by Gasteiger charge is -2.09. The number of allylic oxidation sites excluding steroid dienone is 3. The number of nitrogens with zero attached hydrogens (tertiary/aromatic N) is 1. The maximum absolute atomic E-state index is 12.7. The van der Waals surface area contributed by atoms with Gasteiger partial charge in [-0.15, -0.1) is 11.3 Å². The molecule has 0 unspecified atom stereocenters. The fourth-order valence-electron chi connectivity index (χ4n) is 2.62. The molecule has 2 N–H and O–H groups in total. The molecule has 0 fully saturated rings. The molecule has 3 aromatic rings. The zero-order valence-corrected chi connectivity index (χ0v) is 18.4. The van der Waals surface area contributed by atoms with Crippen LogP contribution in [-0.2, 0) is 4.79 Å². The fourth-order valence-corrected chi connectivity index (χ4v) is 3.28. The number of hydrogen-bond donors (Lipinski definition) is 2. The highest BCUT2D eigenvalue weighted by Crippen LogP contribution is 2.13. The van der Waals surface area contributed by atoms with Crippen molar-refractivity contribution in [2.24, 2.45) is 5.10 Å². The van der Waals surface area contributed by atoms with Gasteiger partial charge in [-0.3, -0.25) is 9.59 Å². The predicted octanol–water partition coefficient (Wildman–Crippen LogP) is 5.28. The lowest BCUT2D eigenvalue weighted by Crippen LogP contribution is -2.33. The Bertz CT molecular complexity index is 1150. The summed E-state index contributed by atoms with van der Waals surface area (Å²) in [5, 5.41) is 8.69. The van der Waals surface area contributed by atoms with Gasteiger partial charge in [0, 0.05) is 10.4 Å². The van der Waals surface area contributed by atoms with Gasteiger partial charge in [-0.2, -0.15) is 5.10 Å². The fraction of sp³-hybridized carbons (Fsp3) is 0.0385. The van der Waals surface area contributed by atoms with Gasteiger partial charge in [0.25, 0.3) is 11.8 Å². The third-order valence-corrected chi connectivity index (χ3v) is 5.05. The van der Waals surface area contributed by atoms with E-state index in [1.807, 2.05) is 72.1 Å². The van der Waals surface area contributed by atoms with Crippen LogP contribution in [0.4, 0.5) is 0 Å². The van der Waals surface area contributed by atoms with E-state index < -0.39 is 5.91 Å². The van der Waals surface area contributed by atoms with E-state index in [1.54, 1.807) is 43.3 Å². The summed E-state index contributed by atoms with van der Waals surface area (Å²) in [6.07, 6.45) is 9.13. The Morgan fingerprint density at radius 3 is 2.31 bits per heavy atom. The molecular formula is C26H23N3O2S. The Balaban J connectivity index is 1.66. The van der Waals surface area contributed by atoms with E-state index in [2.05, 4.69) is 15.8 Å². The molecule has 0 bridgehead atoms. The van der Waals surface area contributed by atoms with Crippen molar-refractivity contribution >= 4 is 41.0 Å². The quantitative estimate of drug-likeness (QED) is 0.216. The number of hydrazone groups is 1. The first-order chi connectivity index (χ1) is 15.6. The molecule has 2 amide bonds. The summed E-state index contributed by atoms with van der Waals surface area (Å²) in [5.41, 5.74) is 4.79. The van der Waals surface area contributed by atoms with Gasteiger partial charge in [0.1, 0.15) is 5.70 Å². The minimum Gasteiger partial charge on any atom is -0.317 e. The molecule has 1 heterocycles. The van der Waals surface area contributed by atoms with Crippen molar-refractivity contribution in [1.29, 1.82) is 0 Å². The molecule has 0 atom stereocenters. The second-order valence-corrected chi connectivity index (χ2v) is 7.70. The van der Waals surface area contributed by atoms with Crippen molar-refractivity contribution < 1.29 is 9.59 Å². The van der Waals surface area contributed by atoms with Crippen molar-refractivity contribution in [1.82, 2.24) is 10.7 Å². The van der Waals surface area contributed by atoms with E-state index >= 15 is 0 Å². The van der Waals surface area contributed by atoms with Crippen LogP contribution in [-0.4, -0.2) is 17.5 Å². The molecule has 160 valence electrons. The van der Waals surface area contributed by atoms with Gasteiger partial charge < -0.3 is 5.32 Å². The van der Waals surface area contributed by atoms with Crippen LogP contribution >= 0.6 is 11.3 Å². The highest BCUT2D eigenvalue weighted by atomic mass is 32.1. The molecule has 6 heteroatoms. The molecule has 32 heavy (non-hydrogen) atoms. The van der Waals surface area contributed by atoms with Crippen LogP contribution < -0.4 is 10.7 Å². The summed E-state index contributed by atoms with van der Waals surface area (Å²) >= 11 is 1.47. The predicted molar refractivity (Wildman–Crippen MR) is 132 cm³/mol. The van der Waals surface area contributed by atoms with Crippen molar-refractivity contribution in [2.45, 2.75) is 6.92 Å². The smallest absolute Gasteiger partial charge is 0.287 e. The maximum Gasteiger partial charge on any atom is 0.287 e. The molecule has 0 aliphatic rings. The second-order valence-electron chi connectivity index (χ2n) is 6.72. The molecule has 2 aromatic carbocycles. The first-order valence-corrected chi connectivity index (χ1v) is 10.9. The Morgan fingerprint density at radius 2 is 1.62 bits per heavy atom. The van der Waals surface area contributed by atoms with Crippen LogP contribution in [0.3, 0.4) is 0 Å². The Kier molecular flexibility index (Phi) is 8.48. The van der Waals surface area contributed by atoms with Gasteiger partial charge in [0.2, 0.25) is 0 Å². The van der Waals surface area contributed by atoms with E-state index in [1.165, 1.54) is 11.3 Å². The molecule has 5 nitrogen and oxygen atoms in total. The van der Waals surface area contributed by atoms with Gasteiger partial charge in [0.15, 0.2) is 0 Å². The Labute approximate surface area is 191 Å². The number of benzene rings is 2. The number of thiophene rings is 1. The molecular weight excluding hydrogens is 418 g/mol. The zero-order chi connectivity index (χ0) is 22.6. The van der Waals surface area contributed by atoms with E-state index in [4.69, 9.17) is 0 Å². The molecule has 0 saturated carbocycles. The Morgan fingerprint density at radius 1 is 0.906 bits per heavy atom. The number of hydrogen-bond acceptors (Lipinski definition) is 4. The minimum atomic E-state index is -0.504. The number of carbonyl (C=O) groups excluding carboxylic acids is 2. The van der Waals surface area contributed by atoms with Crippen LogP contribution in [0.25, 0.3) is 12.2 Å². The Hall–Kier alpha value is -4.03. The van der Waals surface area contributed by atoms with E-state index in [-0.39, 0.29) is 11.6 Å². The highest BCUT2D eigenvalue weighted by Gasteiger charge is 2.14. The SMILES string of the molecule is CC(/C=C/C=C/c1ccccc1)=N/NC(=O)/C(=C\c1cccs1)NC(=O)c1ccccc1. The van der Waals surface area contributed by atoms with Crippen molar-refractivity contribution in [2.75, 3.05) is 0 Å². The molecule has 0 radical (unpaired) electrons. The van der Waals surface area contributed by atoms with Crippen LogP contribution in [0.1, 0.15) is 27.7 Å². The molecule has 0 aliphatic carbocycles. The van der Waals surface area contributed by atoms with E-state index in [0.29, 0.717) is 11.3 Å². The van der Waals surface area contributed by atoms with Crippen molar-refractivity contribution in [3.8, 4) is 0 Å². The van der Waals surface area contributed by atoms with Gasteiger partial charge in [-0.25, -0.2) is 5.43 Å². The van der Waals surface area contributed by atoms with Gasteiger partial charge in [0.05, 0.1) is 5.71 Å². The molecule has 0 spiro atoms. The number of rotatable bonds is 8. The normalized spacial score (nSPS) is 12.3. The third-order valence-electron chi connectivity index (χ3n) is 4.23. The van der Waals surface area contributed by atoms with Crippen LogP contribution in [0, 0.1) is 0 Å². The first-order valence-electron chi connectivity index (χ1n) is 9.98. The summed E-state index contributed by atoms with van der Waals surface area (Å²) in [6.45, 7) is 1.78. The number of nitrogens with one attached hydrogen (secondary N) is 2. The standard InChI is InChI=1S/C26H23N3O2S/c1-20(11-8-9-14-21-12-4-2-5-13-21)28-29-26(31)24(19-23-17-10-18-32-23)27-25(30)22-15-6-3-7-16-22/h2-19H,1H3,(H,27,30)(H,29,31)/b11-8+,14-9+,24-19+,28-20-. The summed E-state index contributed by atoms with van der Waals surface area (Å²) in [6, 6.07) is 22.4. The average Bonchev–Trinajstić information content (AvgIpc) is 3.34. The summed E-state index contributed by atoms with van der Waals surface area (Å²) in [5.74, 6) is -0.870. The largest absolute Gasteiger partial charge is 0.317 e. The summed E-state index contributed by atoms with van der Waals surface area (Å²) in [4.78, 5) is 26.1. The van der Waals surface area contributed by atoms with E-state index in [9.17, 15) is 9.59 Å². The summed E-state index contributed by atoms with van der Waals surface area (Å²) in [7, 11) is 0. The minimum absolute atomic E-state index is 0.116. The maximum atomic E-state index is 12.7. The molecule has 1 aromatic heterocycles. The van der Waals surface area contributed by atoms with Crippen LogP contribution in [0.15, 0.2) is 107 Å². The molecule has 0 aliphatic heterocycles. The zero-order valence-electron chi connectivity index (χ0n) is 17.6. The number of carbonyl (C=O) groups is 2. The lowest BCUT2D eigenvalue weighted by molar-refractivity contribution is -0.117. The molecule has 3 rings (SSSR count). The van der Waals surface area contributed by atoms with Gasteiger partial charge in [-0.05, 0) is 48.2 Å². The van der Waals surface area contributed by atoms with Gasteiger partial charge >= 0.3 is 0 Å². The van der Waals surface area contributed by atoms with Gasteiger partial charge in [-0.1, -0.05) is 72.8 Å². The second kappa shape index (κ2) is 12.0. The first kappa shape index (κ1) is 22.7. The number of amides is 2. The topological polar surface area (TPSA) is 70.6 Å². The van der Waals surface area contributed by atoms with Crippen LogP contribution in [0.2, 0.25) is 0 Å². The highest BCUT2D eigenvalue weighted by molar-refractivity contribution is 7.10. The van der Waals surface area contributed by atoms with E-state index in [0.717, 1.165) is 10.4 Å². The van der Waals surface area contributed by atoms with Crippen molar-refractivity contribution in [3.63, 3.8) is 0 Å². The monoisotopic (exact) mass is 441 g/mol. The third kappa shape index (κ3) is 7.34. The average molecular weight is 442 g/mol. The van der Waals surface area contributed by atoms with Crippen molar-refractivity contribution in [3.05, 3.63) is 118 Å². The summed E-state index contributed by atoms with van der Waals surface area (Å²) < 4.78 is 0.